The molecular formula is C12H26Al2. The van der Waals surface area contributed by atoms with E-state index < -0.39 is 0 Å². The molecule has 0 nitrogen and oxygen atoms in total. The second kappa shape index (κ2) is 6.61. The summed E-state index contributed by atoms with van der Waals surface area (Å²) in [5, 5.41) is 6.45. The summed E-state index contributed by atoms with van der Waals surface area (Å²) in [6.07, 6.45) is 3.07. The van der Waals surface area contributed by atoms with Crippen molar-refractivity contribution >= 4 is 28.3 Å². The van der Waals surface area contributed by atoms with E-state index in [1.165, 1.54) is 12.8 Å². The van der Waals surface area contributed by atoms with E-state index in [1.54, 1.807) is 21.1 Å². The molecule has 80 valence electrons. The van der Waals surface area contributed by atoms with Crippen molar-refractivity contribution in [1.82, 2.24) is 0 Å². The Labute approximate surface area is 99.2 Å². The van der Waals surface area contributed by atoms with Gasteiger partial charge in [0, 0.05) is 0 Å². The maximum absolute atomic E-state index is 2.49. The highest BCUT2D eigenvalue weighted by molar-refractivity contribution is 6.58. The van der Waals surface area contributed by atoms with Gasteiger partial charge in [0.2, 0.25) is 0 Å². The highest BCUT2D eigenvalue weighted by Gasteiger charge is 2.21. The largest absolute Gasteiger partial charge is 0.258 e. The summed E-state index contributed by atoms with van der Waals surface area (Å²) in [6.45, 7) is 4.77. The minimum Gasteiger partial charge on any atom is -0.106 e. The minimum absolute atomic E-state index is 0.107. The molecule has 0 aliphatic carbocycles. The Morgan fingerprint density at radius 2 is 1.14 bits per heavy atom. The molecule has 0 aromatic heterocycles. The first-order chi connectivity index (χ1) is 6.58. The lowest BCUT2D eigenvalue weighted by Crippen LogP contribution is -1.96. The maximum Gasteiger partial charge on any atom is 0.258 e. The van der Waals surface area contributed by atoms with E-state index in [-0.39, 0.29) is 28.3 Å². The van der Waals surface area contributed by atoms with Gasteiger partial charge in [-0.2, -0.15) is 0 Å². The zero-order valence-corrected chi connectivity index (χ0v) is 12.9. The maximum atomic E-state index is 2.49. The topological polar surface area (TPSA) is 0 Å². The Morgan fingerprint density at radius 3 is 1.21 bits per heavy atom. The van der Waals surface area contributed by atoms with Crippen molar-refractivity contribution < 1.29 is 0 Å². The van der Waals surface area contributed by atoms with Crippen molar-refractivity contribution in [1.29, 1.82) is 0 Å². The molecule has 0 amide bonds. The number of hydrogen-bond donors (Lipinski definition) is 0. The van der Waals surface area contributed by atoms with Gasteiger partial charge in [-0.3, -0.25) is 0 Å². The second-order valence-electron chi connectivity index (χ2n) is 6.05. The van der Waals surface area contributed by atoms with Crippen LogP contribution in [0.25, 0.3) is 0 Å². The average molecular weight is 224 g/mol. The van der Waals surface area contributed by atoms with Gasteiger partial charge in [0.05, 0.1) is 0 Å². The third-order valence-electron chi connectivity index (χ3n) is 3.91. The molecule has 0 saturated carbocycles. The van der Waals surface area contributed by atoms with Crippen molar-refractivity contribution in [3.8, 4) is 0 Å². The van der Waals surface area contributed by atoms with Crippen molar-refractivity contribution in [2.24, 2.45) is 11.8 Å². The summed E-state index contributed by atoms with van der Waals surface area (Å²) in [6, 6.07) is 0. The van der Waals surface area contributed by atoms with E-state index in [0.717, 1.165) is 11.8 Å². The third kappa shape index (κ3) is 5.23. The minimum atomic E-state index is -0.107. The van der Waals surface area contributed by atoms with Crippen LogP contribution in [-0.2, 0) is 0 Å². The summed E-state index contributed by atoms with van der Waals surface area (Å²) in [7, 11) is 0. The van der Waals surface area contributed by atoms with Crippen LogP contribution in [0.4, 0.5) is 0 Å². The standard InChI is InChI=1S/2C5H10.2CH3.2Al/c2*1-4-5(2)3;;;;/h2*5H,1-2,4H2,3H3;2*1H3;;. The van der Waals surface area contributed by atoms with Crippen LogP contribution in [-0.4, -0.2) is 28.3 Å². The zero-order chi connectivity index (χ0) is 10.6. The lowest BCUT2D eigenvalue weighted by Gasteiger charge is -1.94. The Bertz CT molecular complexity index is 124. The molecule has 0 N–H and O–H groups in total. The molecule has 2 saturated heterocycles. The lowest BCUT2D eigenvalue weighted by atomic mass is 10.2. The van der Waals surface area contributed by atoms with Crippen molar-refractivity contribution in [2.45, 2.75) is 59.4 Å². The molecule has 0 radical (unpaired) electrons. The van der Waals surface area contributed by atoms with Crippen LogP contribution >= 0.6 is 0 Å². The fraction of sp³-hybridized carbons (Fsp3) is 1.00. The smallest absolute Gasteiger partial charge is 0.106 e. The fourth-order valence-corrected chi connectivity index (χ4v) is 8.95. The van der Waals surface area contributed by atoms with E-state index in [1.807, 2.05) is 0 Å². The summed E-state index contributed by atoms with van der Waals surface area (Å²) < 4.78 is 0. The van der Waals surface area contributed by atoms with Gasteiger partial charge in [-0.25, -0.2) is 0 Å². The molecule has 0 bridgehead atoms. The van der Waals surface area contributed by atoms with Gasteiger partial charge >= 0.3 is 0 Å². The molecule has 14 heavy (non-hydrogen) atoms. The van der Waals surface area contributed by atoms with Crippen LogP contribution in [0.2, 0.25) is 32.7 Å². The van der Waals surface area contributed by atoms with Gasteiger partial charge in [-0.1, -0.05) is 59.7 Å². The molecule has 0 aromatic carbocycles. The van der Waals surface area contributed by atoms with Gasteiger partial charge in [0.15, 0.2) is 0 Å². The summed E-state index contributed by atoms with van der Waals surface area (Å²) >= 11 is -0.215. The SMILES string of the molecule is CC1C[CH2][Al]([CH3])[CH2]1.CC1C[CH2][Al]([CH3])[CH2]1. The van der Waals surface area contributed by atoms with E-state index in [2.05, 4.69) is 25.4 Å². The van der Waals surface area contributed by atoms with Crippen LogP contribution in [0.15, 0.2) is 0 Å². The monoisotopic (exact) mass is 224 g/mol. The molecule has 0 spiro atoms. The molecule has 2 heterocycles. The van der Waals surface area contributed by atoms with Gasteiger partial charge in [-0.05, 0) is 0 Å². The molecule has 2 unspecified atom stereocenters. The molecule has 2 atom stereocenters. The molecular weight excluding hydrogens is 198 g/mol. The molecule has 2 aliphatic heterocycles. The van der Waals surface area contributed by atoms with Crippen LogP contribution < -0.4 is 0 Å². The lowest BCUT2D eigenvalue weighted by molar-refractivity contribution is 0.658. The molecule has 2 aliphatic rings. The second-order valence-corrected chi connectivity index (χ2v) is 12.6. The van der Waals surface area contributed by atoms with Gasteiger partial charge in [-0.15, -0.1) is 11.6 Å². The zero-order valence-electron chi connectivity index (χ0n) is 10.6. The van der Waals surface area contributed by atoms with E-state index in [4.69, 9.17) is 0 Å². The van der Waals surface area contributed by atoms with Gasteiger partial charge in [0.25, 0.3) is 28.3 Å². The summed E-state index contributed by atoms with van der Waals surface area (Å²) in [5.41, 5.74) is 0. The highest BCUT2D eigenvalue weighted by Crippen LogP contribution is 2.25. The first-order valence-corrected chi connectivity index (χ1v) is 12.2. The predicted molar refractivity (Wildman–Crippen MR) is 70.0 cm³/mol. The summed E-state index contributed by atoms with van der Waals surface area (Å²) in [5.74, 6) is 7.15. The molecule has 2 rings (SSSR count). The Morgan fingerprint density at radius 1 is 0.786 bits per heavy atom. The first kappa shape index (κ1) is 13.1. The molecule has 2 heteroatoms. The van der Waals surface area contributed by atoms with Gasteiger partial charge in [0.1, 0.15) is 0 Å². The number of rotatable bonds is 0. The van der Waals surface area contributed by atoms with Crippen LogP contribution in [0.5, 0.6) is 0 Å². The molecule has 2 fully saturated rings. The molecule has 0 aromatic rings. The Hall–Kier alpha value is 1.06. The van der Waals surface area contributed by atoms with E-state index >= 15 is 0 Å². The van der Waals surface area contributed by atoms with Crippen molar-refractivity contribution in [2.75, 3.05) is 0 Å². The van der Waals surface area contributed by atoms with Crippen LogP contribution in [0.1, 0.15) is 26.7 Å². The fourth-order valence-electron chi connectivity index (χ4n) is 2.98. The van der Waals surface area contributed by atoms with E-state index in [0.29, 0.717) is 0 Å². The van der Waals surface area contributed by atoms with Crippen molar-refractivity contribution in [3.63, 3.8) is 0 Å². The van der Waals surface area contributed by atoms with Crippen LogP contribution in [0.3, 0.4) is 0 Å². The van der Waals surface area contributed by atoms with Gasteiger partial charge < -0.3 is 0 Å². The normalized spacial score (nSPS) is 31.7. The highest BCUT2D eigenvalue weighted by atomic mass is 27.2. The number of hydrogen-bond acceptors (Lipinski definition) is 0. The Balaban J connectivity index is 0.000000140. The Kier molecular flexibility index (Phi) is 6.20. The quantitative estimate of drug-likeness (QED) is 0.538. The van der Waals surface area contributed by atoms with Crippen LogP contribution in [0, 0.1) is 11.8 Å². The van der Waals surface area contributed by atoms with Crippen molar-refractivity contribution in [3.05, 3.63) is 0 Å². The van der Waals surface area contributed by atoms with E-state index in [9.17, 15) is 0 Å². The summed E-state index contributed by atoms with van der Waals surface area (Å²) in [4.78, 5) is 0. The third-order valence-corrected chi connectivity index (χ3v) is 9.77. The predicted octanol–water partition coefficient (Wildman–Crippen LogP) is 4.30. The average Bonchev–Trinajstić information content (AvgIpc) is 2.63. The first-order valence-electron chi connectivity index (χ1n) is 6.58.